The van der Waals surface area contributed by atoms with Crippen LogP contribution in [0.5, 0.6) is 0 Å². The number of hydrogen-bond acceptors (Lipinski definition) is 2. The van der Waals surface area contributed by atoms with Gasteiger partial charge in [0.15, 0.2) is 5.11 Å². The Morgan fingerprint density at radius 3 is 2.50 bits per heavy atom. The second-order valence-corrected chi connectivity index (χ2v) is 5.96. The van der Waals surface area contributed by atoms with Gasteiger partial charge in [-0.3, -0.25) is 0 Å². The zero-order chi connectivity index (χ0) is 14.7. The van der Waals surface area contributed by atoms with E-state index >= 15 is 0 Å². The number of pyridine rings is 1. The smallest absolute Gasteiger partial charge is 0.172 e. The minimum absolute atomic E-state index is 0.309. The van der Waals surface area contributed by atoms with Crippen LogP contribution in [0.15, 0.2) is 30.3 Å². The summed E-state index contributed by atoms with van der Waals surface area (Å²) in [7, 11) is 0. The summed E-state index contributed by atoms with van der Waals surface area (Å²) >= 11 is 5.23. The largest absolute Gasteiger partial charge is 0.360 e. The molecule has 0 aliphatic carbocycles. The molecule has 1 aromatic heterocycles. The highest BCUT2D eigenvalue weighted by molar-refractivity contribution is 7.80. The van der Waals surface area contributed by atoms with Crippen LogP contribution in [0.4, 0.5) is 5.82 Å². The Balaban J connectivity index is 2.21. The van der Waals surface area contributed by atoms with Crippen molar-refractivity contribution < 1.29 is 0 Å². The maximum atomic E-state index is 5.23. The summed E-state index contributed by atoms with van der Waals surface area (Å²) in [6.07, 6.45) is 0. The topological polar surface area (TPSA) is 37.0 Å². The molecule has 0 saturated heterocycles. The molecule has 2 N–H and O–H groups in total. The summed E-state index contributed by atoms with van der Waals surface area (Å²) in [6.45, 7) is 8.49. The molecule has 1 heterocycles. The molecule has 0 amide bonds. The third kappa shape index (κ3) is 3.67. The van der Waals surface area contributed by atoms with Gasteiger partial charge < -0.3 is 10.6 Å². The van der Waals surface area contributed by atoms with Gasteiger partial charge in [0, 0.05) is 11.4 Å². The van der Waals surface area contributed by atoms with Crippen molar-refractivity contribution in [2.24, 2.45) is 0 Å². The average molecular weight is 287 g/mol. The van der Waals surface area contributed by atoms with E-state index in [-0.39, 0.29) is 0 Å². The molecule has 4 heteroatoms. The van der Waals surface area contributed by atoms with E-state index in [1.807, 2.05) is 6.07 Å². The first-order chi connectivity index (χ1) is 9.45. The second-order valence-electron chi connectivity index (χ2n) is 5.56. The molecule has 106 valence electrons. The maximum Gasteiger partial charge on any atom is 0.172 e. The maximum absolute atomic E-state index is 5.23. The molecule has 0 aliphatic rings. The van der Waals surface area contributed by atoms with Crippen LogP contribution in [-0.2, 0) is 0 Å². The predicted octanol–water partition coefficient (Wildman–Crippen LogP) is 4.05. The molecule has 0 fully saturated rings. The van der Waals surface area contributed by atoms with E-state index in [2.05, 4.69) is 67.6 Å². The third-order valence-electron chi connectivity index (χ3n) is 3.04. The van der Waals surface area contributed by atoms with Crippen LogP contribution in [0.2, 0.25) is 0 Å². The van der Waals surface area contributed by atoms with Crippen molar-refractivity contribution in [3.63, 3.8) is 0 Å². The van der Waals surface area contributed by atoms with Crippen molar-refractivity contribution in [3.8, 4) is 0 Å². The number of aromatic nitrogens is 1. The van der Waals surface area contributed by atoms with Crippen LogP contribution in [0.3, 0.4) is 0 Å². The molecule has 0 atom stereocenters. The van der Waals surface area contributed by atoms with E-state index in [0.717, 1.165) is 16.7 Å². The fraction of sp³-hybridized carbons (Fsp3) is 0.375. The van der Waals surface area contributed by atoms with E-state index in [0.29, 0.717) is 17.1 Å². The first kappa shape index (κ1) is 14.7. The van der Waals surface area contributed by atoms with Crippen molar-refractivity contribution >= 4 is 34.1 Å². The quantitative estimate of drug-likeness (QED) is 0.835. The molecule has 0 aliphatic heterocycles. The summed E-state index contributed by atoms with van der Waals surface area (Å²) < 4.78 is 0. The first-order valence-electron chi connectivity index (χ1n) is 6.94. The number of fused-ring (bicyclic) bond motifs is 1. The Morgan fingerprint density at radius 2 is 1.85 bits per heavy atom. The minimum Gasteiger partial charge on any atom is -0.360 e. The van der Waals surface area contributed by atoms with Gasteiger partial charge in [0.25, 0.3) is 0 Å². The number of anilines is 1. The summed E-state index contributed by atoms with van der Waals surface area (Å²) in [6, 6.07) is 10.7. The van der Waals surface area contributed by atoms with Gasteiger partial charge in [-0.25, -0.2) is 4.98 Å². The zero-order valence-electron chi connectivity index (χ0n) is 12.4. The van der Waals surface area contributed by atoms with Crippen molar-refractivity contribution in [1.82, 2.24) is 10.3 Å². The Morgan fingerprint density at radius 1 is 1.10 bits per heavy atom. The van der Waals surface area contributed by atoms with E-state index in [9.17, 15) is 0 Å². The Labute approximate surface area is 125 Å². The van der Waals surface area contributed by atoms with Crippen LogP contribution in [0, 0.1) is 0 Å². The number of nitrogens with one attached hydrogen (secondary N) is 2. The van der Waals surface area contributed by atoms with Crippen molar-refractivity contribution in [1.29, 1.82) is 0 Å². The van der Waals surface area contributed by atoms with Gasteiger partial charge in [-0.2, -0.15) is 0 Å². The number of hydrogen-bond donors (Lipinski definition) is 2. The number of rotatable bonds is 3. The zero-order valence-corrected chi connectivity index (χ0v) is 13.2. The van der Waals surface area contributed by atoms with Crippen LogP contribution in [0.25, 0.3) is 10.9 Å². The van der Waals surface area contributed by atoms with Crippen LogP contribution >= 0.6 is 12.2 Å². The lowest BCUT2D eigenvalue weighted by Gasteiger charge is -2.13. The molecule has 1 aromatic carbocycles. The van der Waals surface area contributed by atoms with Crippen LogP contribution in [0.1, 0.15) is 39.2 Å². The number of thiocarbonyl (C=S) groups is 1. The van der Waals surface area contributed by atoms with E-state index in [4.69, 9.17) is 12.2 Å². The molecule has 0 saturated carbocycles. The fourth-order valence-corrected chi connectivity index (χ4v) is 2.33. The number of benzene rings is 1. The van der Waals surface area contributed by atoms with Gasteiger partial charge in [-0.1, -0.05) is 19.9 Å². The molecule has 2 rings (SSSR count). The van der Waals surface area contributed by atoms with Crippen molar-refractivity contribution in [3.05, 3.63) is 35.9 Å². The van der Waals surface area contributed by atoms with Crippen LogP contribution in [-0.4, -0.2) is 16.1 Å². The van der Waals surface area contributed by atoms with E-state index in [1.165, 1.54) is 5.56 Å². The Bertz CT molecular complexity index is 620. The minimum atomic E-state index is 0.309. The van der Waals surface area contributed by atoms with E-state index in [1.54, 1.807) is 0 Å². The molecule has 20 heavy (non-hydrogen) atoms. The first-order valence-corrected chi connectivity index (χ1v) is 7.35. The fourth-order valence-electron chi connectivity index (χ4n) is 1.99. The van der Waals surface area contributed by atoms with Crippen molar-refractivity contribution in [2.45, 2.75) is 39.7 Å². The lowest BCUT2D eigenvalue weighted by atomic mass is 10.0. The summed E-state index contributed by atoms with van der Waals surface area (Å²) in [4.78, 5) is 4.58. The summed E-state index contributed by atoms with van der Waals surface area (Å²) in [5.74, 6) is 1.30. The lowest BCUT2D eigenvalue weighted by molar-refractivity contribution is 0.739. The molecule has 2 aromatic rings. The number of nitrogens with zero attached hydrogens (tertiary/aromatic N) is 1. The van der Waals surface area contributed by atoms with E-state index < -0.39 is 0 Å². The Hall–Kier alpha value is -1.68. The van der Waals surface area contributed by atoms with Crippen LogP contribution < -0.4 is 10.6 Å². The SMILES string of the molecule is CC(C)NC(=S)Nc1ccc2cc(C(C)C)ccc2n1. The highest BCUT2D eigenvalue weighted by Crippen LogP contribution is 2.21. The second kappa shape index (κ2) is 6.18. The predicted molar refractivity (Wildman–Crippen MR) is 90.3 cm³/mol. The highest BCUT2D eigenvalue weighted by atomic mass is 32.1. The lowest BCUT2D eigenvalue weighted by Crippen LogP contribution is -2.34. The van der Waals surface area contributed by atoms with Crippen molar-refractivity contribution in [2.75, 3.05) is 5.32 Å². The Kier molecular flexibility index (Phi) is 4.55. The molecule has 0 bridgehead atoms. The molecular formula is C16H21N3S. The van der Waals surface area contributed by atoms with Gasteiger partial charge >= 0.3 is 0 Å². The monoisotopic (exact) mass is 287 g/mol. The third-order valence-corrected chi connectivity index (χ3v) is 3.26. The van der Waals surface area contributed by atoms with Gasteiger partial charge in [-0.15, -0.1) is 0 Å². The highest BCUT2D eigenvalue weighted by Gasteiger charge is 2.04. The molecule has 0 radical (unpaired) electrons. The summed E-state index contributed by atoms with van der Waals surface area (Å²) in [5, 5.41) is 8.02. The average Bonchev–Trinajstić information content (AvgIpc) is 2.36. The standard InChI is InChI=1S/C16H21N3S/c1-10(2)12-5-7-14-13(9-12)6-8-15(18-14)19-16(20)17-11(3)4/h5-11H,1-4H3,(H2,17,18,19,20). The van der Waals surface area contributed by atoms with Gasteiger partial charge in [-0.05, 0) is 61.8 Å². The molecule has 0 unspecified atom stereocenters. The molecule has 0 spiro atoms. The molecular weight excluding hydrogens is 266 g/mol. The summed E-state index contributed by atoms with van der Waals surface area (Å²) in [5.41, 5.74) is 2.31. The van der Waals surface area contributed by atoms with Gasteiger partial charge in [0.1, 0.15) is 5.82 Å². The molecule has 3 nitrogen and oxygen atoms in total. The normalized spacial score (nSPS) is 11.1. The van der Waals surface area contributed by atoms with Gasteiger partial charge in [0.2, 0.25) is 0 Å². The van der Waals surface area contributed by atoms with Gasteiger partial charge in [0.05, 0.1) is 5.52 Å².